The van der Waals surface area contributed by atoms with Gasteiger partial charge < -0.3 is 0 Å². The number of hydrogen-bond acceptors (Lipinski definition) is 1. The Balaban J connectivity index is 3.05. The molecule has 16 heavy (non-hydrogen) atoms. The van der Waals surface area contributed by atoms with Gasteiger partial charge in [0.25, 0.3) is 0 Å². The zero-order valence-corrected chi connectivity index (χ0v) is 8.16. The molecule has 0 heterocycles. The molecular formula is C10H7F5O. The SMILES string of the molecule is Cc1cc(C(=O)CC(F)(F)F)c(F)cc1F. The van der Waals surface area contributed by atoms with E-state index in [1.54, 1.807) is 0 Å². The predicted molar refractivity (Wildman–Crippen MR) is 46.1 cm³/mol. The molecule has 6 heteroatoms. The second kappa shape index (κ2) is 4.19. The summed E-state index contributed by atoms with van der Waals surface area (Å²) < 4.78 is 61.5. The number of alkyl halides is 3. The molecule has 1 aromatic rings. The molecule has 0 spiro atoms. The highest BCUT2D eigenvalue weighted by molar-refractivity contribution is 5.96. The van der Waals surface area contributed by atoms with Crippen molar-refractivity contribution >= 4 is 5.78 Å². The summed E-state index contributed by atoms with van der Waals surface area (Å²) in [5.74, 6) is -3.59. The summed E-state index contributed by atoms with van der Waals surface area (Å²) in [5.41, 5.74) is -0.817. The second-order valence-corrected chi connectivity index (χ2v) is 3.30. The van der Waals surface area contributed by atoms with Gasteiger partial charge in [0.15, 0.2) is 5.78 Å². The van der Waals surface area contributed by atoms with Crippen LogP contribution in [-0.4, -0.2) is 12.0 Å². The molecule has 0 saturated heterocycles. The molecule has 0 atom stereocenters. The lowest BCUT2D eigenvalue weighted by molar-refractivity contribution is -0.125. The first-order valence-electron chi connectivity index (χ1n) is 4.26. The van der Waals surface area contributed by atoms with Gasteiger partial charge in [-0.25, -0.2) is 8.78 Å². The maximum atomic E-state index is 13.0. The molecule has 0 bridgehead atoms. The van der Waals surface area contributed by atoms with E-state index in [-0.39, 0.29) is 5.56 Å². The monoisotopic (exact) mass is 238 g/mol. The average molecular weight is 238 g/mol. The first-order valence-corrected chi connectivity index (χ1v) is 4.26. The quantitative estimate of drug-likeness (QED) is 0.570. The Hall–Kier alpha value is -1.46. The molecule has 0 saturated carbocycles. The first kappa shape index (κ1) is 12.6. The number of rotatable bonds is 2. The lowest BCUT2D eigenvalue weighted by Crippen LogP contribution is -2.16. The van der Waals surface area contributed by atoms with Crippen LogP contribution in [-0.2, 0) is 0 Å². The van der Waals surface area contributed by atoms with Crippen molar-refractivity contribution in [3.05, 3.63) is 34.9 Å². The molecule has 0 N–H and O–H groups in total. The van der Waals surface area contributed by atoms with E-state index >= 15 is 0 Å². The van der Waals surface area contributed by atoms with E-state index in [9.17, 15) is 26.7 Å². The standard InChI is InChI=1S/C10H7F5O/c1-5-2-6(8(12)3-7(5)11)9(16)4-10(13,14)15/h2-3H,4H2,1H3. The zero-order valence-electron chi connectivity index (χ0n) is 8.16. The molecule has 1 nitrogen and oxygen atoms in total. The van der Waals surface area contributed by atoms with Crippen LogP contribution in [0.5, 0.6) is 0 Å². The summed E-state index contributed by atoms with van der Waals surface area (Å²) in [7, 11) is 0. The molecule has 88 valence electrons. The summed E-state index contributed by atoms with van der Waals surface area (Å²) in [6, 6.07) is 1.18. The fourth-order valence-electron chi connectivity index (χ4n) is 1.15. The summed E-state index contributed by atoms with van der Waals surface area (Å²) >= 11 is 0. The van der Waals surface area contributed by atoms with Crippen molar-refractivity contribution in [1.82, 2.24) is 0 Å². The van der Waals surface area contributed by atoms with Crippen molar-refractivity contribution in [2.75, 3.05) is 0 Å². The average Bonchev–Trinajstić information content (AvgIpc) is 2.08. The third-order valence-electron chi connectivity index (χ3n) is 1.91. The fourth-order valence-corrected chi connectivity index (χ4v) is 1.15. The summed E-state index contributed by atoms with van der Waals surface area (Å²) in [4.78, 5) is 11.1. The van der Waals surface area contributed by atoms with Crippen LogP contribution < -0.4 is 0 Å². The Labute approximate surface area is 87.9 Å². The van der Waals surface area contributed by atoms with Crippen LogP contribution >= 0.6 is 0 Å². The zero-order chi connectivity index (χ0) is 12.5. The lowest BCUT2D eigenvalue weighted by atomic mass is 10.0. The number of Topliss-reactive ketones (excluding diaryl/α,β-unsaturated/α-hetero) is 1. The van der Waals surface area contributed by atoms with Crippen molar-refractivity contribution in [2.45, 2.75) is 19.5 Å². The van der Waals surface area contributed by atoms with Gasteiger partial charge in [0, 0.05) is 6.07 Å². The Morgan fingerprint density at radius 1 is 1.19 bits per heavy atom. The number of hydrogen-bond donors (Lipinski definition) is 0. The summed E-state index contributed by atoms with van der Waals surface area (Å²) in [5, 5.41) is 0. The van der Waals surface area contributed by atoms with Crippen molar-refractivity contribution < 1.29 is 26.7 Å². The lowest BCUT2D eigenvalue weighted by Gasteiger charge is -2.07. The van der Waals surface area contributed by atoms with Gasteiger partial charge in [-0.15, -0.1) is 0 Å². The number of carbonyl (C=O) groups is 1. The number of carbonyl (C=O) groups excluding carboxylic acids is 1. The van der Waals surface area contributed by atoms with Gasteiger partial charge in [-0.3, -0.25) is 4.79 Å². The maximum Gasteiger partial charge on any atom is 0.396 e. The van der Waals surface area contributed by atoms with Crippen LogP contribution in [0.15, 0.2) is 12.1 Å². The summed E-state index contributed by atoms with van der Waals surface area (Å²) in [6.07, 6.45) is -6.46. The van der Waals surface area contributed by atoms with Crippen LogP contribution in [0.25, 0.3) is 0 Å². The maximum absolute atomic E-state index is 13.0. The van der Waals surface area contributed by atoms with E-state index < -0.39 is 35.6 Å². The normalized spacial score (nSPS) is 11.6. The highest BCUT2D eigenvalue weighted by atomic mass is 19.4. The molecule has 1 aromatic carbocycles. The minimum Gasteiger partial charge on any atom is -0.294 e. The molecule has 0 aliphatic carbocycles. The minimum absolute atomic E-state index is 0.0769. The van der Waals surface area contributed by atoms with Crippen LogP contribution in [0.1, 0.15) is 22.3 Å². The molecule has 0 unspecified atom stereocenters. The van der Waals surface area contributed by atoms with Crippen LogP contribution in [0.2, 0.25) is 0 Å². The van der Waals surface area contributed by atoms with Gasteiger partial charge in [-0.1, -0.05) is 0 Å². The third kappa shape index (κ3) is 3.01. The van der Waals surface area contributed by atoms with Gasteiger partial charge in [0.1, 0.15) is 18.1 Å². The third-order valence-corrected chi connectivity index (χ3v) is 1.91. The highest BCUT2D eigenvalue weighted by Crippen LogP contribution is 2.24. The van der Waals surface area contributed by atoms with Crippen LogP contribution in [0.4, 0.5) is 22.0 Å². The van der Waals surface area contributed by atoms with Gasteiger partial charge >= 0.3 is 6.18 Å². The van der Waals surface area contributed by atoms with Gasteiger partial charge in [0.2, 0.25) is 0 Å². The molecular weight excluding hydrogens is 231 g/mol. The molecule has 0 aromatic heterocycles. The van der Waals surface area contributed by atoms with Crippen molar-refractivity contribution in [1.29, 1.82) is 0 Å². The number of halogens is 5. The predicted octanol–water partition coefficient (Wildman–Crippen LogP) is 3.41. The number of aryl methyl sites for hydroxylation is 1. The van der Waals surface area contributed by atoms with Crippen molar-refractivity contribution in [2.24, 2.45) is 0 Å². The Morgan fingerprint density at radius 3 is 2.25 bits per heavy atom. The minimum atomic E-state index is -4.70. The molecule has 0 amide bonds. The Morgan fingerprint density at radius 2 is 1.75 bits per heavy atom. The van der Waals surface area contributed by atoms with E-state index in [1.807, 2.05) is 0 Å². The van der Waals surface area contributed by atoms with Crippen molar-refractivity contribution in [3.8, 4) is 0 Å². The number of benzene rings is 1. The van der Waals surface area contributed by atoms with Gasteiger partial charge in [0.05, 0.1) is 5.56 Å². The molecule has 0 fully saturated rings. The second-order valence-electron chi connectivity index (χ2n) is 3.30. The van der Waals surface area contributed by atoms with Gasteiger partial charge in [-0.2, -0.15) is 13.2 Å². The smallest absolute Gasteiger partial charge is 0.294 e. The van der Waals surface area contributed by atoms with E-state index in [0.29, 0.717) is 6.07 Å². The molecule has 0 radical (unpaired) electrons. The van der Waals surface area contributed by atoms with Crippen molar-refractivity contribution in [3.63, 3.8) is 0 Å². The first-order chi connectivity index (χ1) is 7.20. The van der Waals surface area contributed by atoms with Crippen LogP contribution in [0, 0.1) is 18.6 Å². The molecule has 1 rings (SSSR count). The Bertz CT molecular complexity index is 422. The van der Waals surface area contributed by atoms with E-state index in [0.717, 1.165) is 6.07 Å². The summed E-state index contributed by atoms with van der Waals surface area (Å²) in [6.45, 7) is 1.24. The topological polar surface area (TPSA) is 17.1 Å². The largest absolute Gasteiger partial charge is 0.396 e. The highest BCUT2D eigenvalue weighted by Gasteiger charge is 2.32. The Kier molecular flexibility index (Phi) is 3.30. The van der Waals surface area contributed by atoms with E-state index in [2.05, 4.69) is 0 Å². The molecule has 0 aliphatic rings. The fraction of sp³-hybridized carbons (Fsp3) is 0.300. The van der Waals surface area contributed by atoms with Gasteiger partial charge in [-0.05, 0) is 18.6 Å². The van der Waals surface area contributed by atoms with E-state index in [4.69, 9.17) is 0 Å². The van der Waals surface area contributed by atoms with Crippen LogP contribution in [0.3, 0.4) is 0 Å². The molecule has 0 aliphatic heterocycles. The number of ketones is 1. The van der Waals surface area contributed by atoms with E-state index in [1.165, 1.54) is 6.92 Å².